The van der Waals surface area contributed by atoms with Crippen LogP contribution in [0.2, 0.25) is 0 Å². The van der Waals surface area contributed by atoms with Crippen LogP contribution in [0.15, 0.2) is 41.6 Å². The first-order valence-corrected chi connectivity index (χ1v) is 7.80. The Hall–Kier alpha value is -2.87. The number of anilines is 1. The van der Waals surface area contributed by atoms with Crippen molar-refractivity contribution in [3.63, 3.8) is 0 Å². The van der Waals surface area contributed by atoms with Gasteiger partial charge in [-0.2, -0.15) is 4.98 Å². The van der Waals surface area contributed by atoms with Crippen LogP contribution in [0.4, 0.5) is 5.82 Å². The second-order valence-electron chi connectivity index (χ2n) is 5.46. The molecule has 0 unspecified atom stereocenters. The van der Waals surface area contributed by atoms with Crippen molar-refractivity contribution in [1.29, 1.82) is 0 Å². The first-order chi connectivity index (χ1) is 11.9. The molecule has 1 aliphatic rings. The smallest absolute Gasteiger partial charge is 0.263 e. The van der Waals surface area contributed by atoms with Crippen molar-refractivity contribution in [1.82, 2.24) is 25.1 Å². The maximum atomic E-state index is 5.62. The fourth-order valence-corrected chi connectivity index (χ4v) is 2.59. The van der Waals surface area contributed by atoms with E-state index < -0.39 is 0 Å². The molecule has 8 nitrogen and oxygen atoms in total. The summed E-state index contributed by atoms with van der Waals surface area (Å²) in [5.74, 6) is 1.53. The average Bonchev–Trinajstić information content (AvgIpc) is 3.33. The Kier molecular flexibility index (Phi) is 4.11. The third kappa shape index (κ3) is 3.09. The number of ether oxygens (including phenoxy) is 1. The van der Waals surface area contributed by atoms with Gasteiger partial charge in [0.2, 0.25) is 5.82 Å². The number of nitrogens with one attached hydrogen (secondary N) is 1. The summed E-state index contributed by atoms with van der Waals surface area (Å²) >= 11 is 0. The zero-order valence-electron chi connectivity index (χ0n) is 12.9. The molecule has 4 heterocycles. The summed E-state index contributed by atoms with van der Waals surface area (Å²) in [6.07, 6.45) is 8.89. The van der Waals surface area contributed by atoms with Crippen LogP contribution in [0, 0.1) is 0 Å². The van der Waals surface area contributed by atoms with Crippen molar-refractivity contribution in [2.75, 3.05) is 18.5 Å². The first kappa shape index (κ1) is 14.7. The molecular formula is C16H16N6O2. The van der Waals surface area contributed by atoms with Gasteiger partial charge in [-0.1, -0.05) is 5.16 Å². The number of aromatic nitrogens is 5. The van der Waals surface area contributed by atoms with Crippen molar-refractivity contribution in [2.45, 2.75) is 18.9 Å². The Morgan fingerprint density at radius 1 is 1.21 bits per heavy atom. The number of hydrogen-bond acceptors (Lipinski definition) is 8. The normalized spacial score (nSPS) is 17.1. The molecule has 1 N–H and O–H groups in total. The molecule has 1 atom stereocenters. The van der Waals surface area contributed by atoms with Crippen molar-refractivity contribution in [2.24, 2.45) is 0 Å². The van der Waals surface area contributed by atoms with Crippen LogP contribution in [-0.2, 0) is 4.74 Å². The van der Waals surface area contributed by atoms with E-state index in [9.17, 15) is 0 Å². The quantitative estimate of drug-likeness (QED) is 0.762. The van der Waals surface area contributed by atoms with Crippen LogP contribution in [0.3, 0.4) is 0 Å². The summed E-state index contributed by atoms with van der Waals surface area (Å²) in [6, 6.07) is 3.65. The highest BCUT2D eigenvalue weighted by Gasteiger charge is 2.18. The number of hydrogen-bond donors (Lipinski definition) is 1. The Bertz CT molecular complexity index is 801. The van der Waals surface area contributed by atoms with Crippen LogP contribution in [0.1, 0.15) is 12.8 Å². The summed E-state index contributed by atoms with van der Waals surface area (Å²) in [7, 11) is 0. The van der Waals surface area contributed by atoms with Crippen LogP contribution >= 0.6 is 0 Å². The molecule has 0 spiro atoms. The van der Waals surface area contributed by atoms with E-state index in [1.807, 2.05) is 12.1 Å². The van der Waals surface area contributed by atoms with E-state index in [0.29, 0.717) is 29.6 Å². The third-order valence-electron chi connectivity index (χ3n) is 3.83. The molecule has 122 valence electrons. The molecule has 24 heavy (non-hydrogen) atoms. The highest BCUT2D eigenvalue weighted by Crippen LogP contribution is 2.26. The molecule has 4 rings (SSSR count). The lowest BCUT2D eigenvalue weighted by Crippen LogP contribution is -2.19. The minimum absolute atomic E-state index is 0.211. The third-order valence-corrected chi connectivity index (χ3v) is 3.83. The van der Waals surface area contributed by atoms with Gasteiger partial charge in [0.1, 0.15) is 17.7 Å². The van der Waals surface area contributed by atoms with E-state index in [0.717, 1.165) is 25.0 Å². The predicted octanol–water partition coefficient (Wildman–Crippen LogP) is 2.18. The second kappa shape index (κ2) is 6.71. The van der Waals surface area contributed by atoms with Crippen molar-refractivity contribution in [3.05, 3.63) is 37.1 Å². The van der Waals surface area contributed by atoms with Gasteiger partial charge in [0.25, 0.3) is 5.89 Å². The minimum atomic E-state index is 0.211. The van der Waals surface area contributed by atoms with Crippen LogP contribution < -0.4 is 5.32 Å². The van der Waals surface area contributed by atoms with E-state index in [4.69, 9.17) is 9.26 Å². The molecule has 0 aromatic carbocycles. The lowest BCUT2D eigenvalue weighted by molar-refractivity contribution is 0.120. The lowest BCUT2D eigenvalue weighted by atomic mass is 10.2. The SMILES string of the molecule is c1cc(-c2noc(-c3cncnc3NC[C@@H]3CCCO3)n2)ccn1. The Morgan fingerprint density at radius 2 is 2.12 bits per heavy atom. The highest BCUT2D eigenvalue weighted by atomic mass is 16.5. The molecule has 8 heteroatoms. The largest absolute Gasteiger partial charge is 0.376 e. The van der Waals surface area contributed by atoms with Gasteiger partial charge >= 0.3 is 0 Å². The average molecular weight is 324 g/mol. The molecule has 1 aliphatic heterocycles. The van der Waals surface area contributed by atoms with E-state index in [1.165, 1.54) is 6.33 Å². The topological polar surface area (TPSA) is 98.9 Å². The molecule has 3 aromatic heterocycles. The van der Waals surface area contributed by atoms with E-state index >= 15 is 0 Å². The fourth-order valence-electron chi connectivity index (χ4n) is 2.59. The molecular weight excluding hydrogens is 308 g/mol. The van der Waals surface area contributed by atoms with Gasteiger partial charge in [-0.05, 0) is 25.0 Å². The minimum Gasteiger partial charge on any atom is -0.376 e. The van der Waals surface area contributed by atoms with Crippen molar-refractivity contribution >= 4 is 5.82 Å². The first-order valence-electron chi connectivity index (χ1n) is 7.80. The van der Waals surface area contributed by atoms with Gasteiger partial charge in [0, 0.05) is 37.3 Å². The molecule has 3 aromatic rings. The summed E-state index contributed by atoms with van der Waals surface area (Å²) in [5.41, 5.74) is 1.51. The van der Waals surface area contributed by atoms with Crippen LogP contribution in [-0.4, -0.2) is 44.3 Å². The molecule has 0 radical (unpaired) electrons. The number of rotatable bonds is 5. The fraction of sp³-hybridized carbons (Fsp3) is 0.312. The van der Waals surface area contributed by atoms with Gasteiger partial charge in [-0.15, -0.1) is 0 Å². The summed E-state index contributed by atoms with van der Waals surface area (Å²) in [6.45, 7) is 1.51. The molecule has 0 saturated carbocycles. The van der Waals surface area contributed by atoms with E-state index in [1.54, 1.807) is 18.6 Å². The monoisotopic (exact) mass is 324 g/mol. The maximum Gasteiger partial charge on any atom is 0.263 e. The zero-order valence-corrected chi connectivity index (χ0v) is 12.9. The molecule has 1 fully saturated rings. The maximum absolute atomic E-state index is 5.62. The van der Waals surface area contributed by atoms with E-state index in [-0.39, 0.29) is 6.10 Å². The van der Waals surface area contributed by atoms with Crippen LogP contribution in [0.25, 0.3) is 22.8 Å². The van der Waals surface area contributed by atoms with Crippen LogP contribution in [0.5, 0.6) is 0 Å². The molecule has 1 saturated heterocycles. The summed E-state index contributed by atoms with van der Waals surface area (Å²) in [4.78, 5) is 16.8. The lowest BCUT2D eigenvalue weighted by Gasteiger charge is -2.12. The Morgan fingerprint density at radius 3 is 2.96 bits per heavy atom. The van der Waals surface area contributed by atoms with Gasteiger partial charge < -0.3 is 14.6 Å². The van der Waals surface area contributed by atoms with Crippen molar-refractivity contribution in [3.8, 4) is 22.8 Å². The number of pyridine rings is 1. The van der Waals surface area contributed by atoms with E-state index in [2.05, 4.69) is 30.4 Å². The van der Waals surface area contributed by atoms with Gasteiger partial charge in [-0.25, -0.2) is 9.97 Å². The zero-order chi connectivity index (χ0) is 16.2. The summed E-state index contributed by atoms with van der Waals surface area (Å²) < 4.78 is 11.0. The second-order valence-corrected chi connectivity index (χ2v) is 5.46. The van der Waals surface area contributed by atoms with Gasteiger partial charge in [0.05, 0.1) is 6.10 Å². The molecule has 0 bridgehead atoms. The van der Waals surface area contributed by atoms with Gasteiger partial charge in [-0.3, -0.25) is 4.98 Å². The molecule has 0 aliphatic carbocycles. The highest BCUT2D eigenvalue weighted by molar-refractivity contribution is 5.69. The van der Waals surface area contributed by atoms with Gasteiger partial charge in [0.15, 0.2) is 0 Å². The Labute approximate surface area is 138 Å². The predicted molar refractivity (Wildman–Crippen MR) is 86.0 cm³/mol. The Balaban J connectivity index is 1.56. The number of nitrogens with zero attached hydrogens (tertiary/aromatic N) is 5. The standard InChI is InChI=1S/C16H16N6O2/c1-2-12(23-7-1)8-19-15-13(9-18-10-20-15)16-21-14(22-24-16)11-3-5-17-6-4-11/h3-6,9-10,12H,1-2,7-8H2,(H,18,19,20)/t12-/m0/s1. The summed E-state index contributed by atoms with van der Waals surface area (Å²) in [5, 5.41) is 7.31. The molecule has 0 amide bonds. The van der Waals surface area contributed by atoms with Crippen molar-refractivity contribution < 1.29 is 9.26 Å².